The van der Waals surface area contributed by atoms with E-state index in [1.54, 1.807) is 42.5 Å². The third-order valence-corrected chi connectivity index (χ3v) is 23.7. The number of carbonyl (C=O) groups is 3. The maximum absolute atomic E-state index is 14.9. The number of aromatic nitrogens is 10. The van der Waals surface area contributed by atoms with E-state index in [4.69, 9.17) is 15.0 Å². The first-order chi connectivity index (χ1) is 51.7. The summed E-state index contributed by atoms with van der Waals surface area (Å²) in [6.45, 7) is 7.48. The molecule has 4 aliphatic heterocycles. The molecule has 0 bridgehead atoms. The SMILES string of the molecule is Cc1cc(Nc2cc(N3CC(F)(C4CC4)C3)nc(Sc3ccc(CC(=O)CC(F)(F)F)cc3)n2)n[nH]1.Cc1cc(Nc2cc(N3CC(O)(C4CC4)C3)nc(Sc3ccc(CC(=O)C4CC4(F)F)cc3)n2)n[nH]1.O=C(Cc1ccc(Sc2nc(NC3=NCC(C4CC4)=C3)cc(N3CC(O)(C4CC4)C3)n2)cc1)C1CC1. The first-order valence-electron chi connectivity index (χ1n) is 36.7. The van der Waals surface area contributed by atoms with Crippen LogP contribution in [0.5, 0.6) is 0 Å². The number of amidine groups is 1. The minimum Gasteiger partial charge on any atom is -0.386 e. The van der Waals surface area contributed by atoms with Crippen molar-refractivity contribution in [2.75, 3.05) is 76.5 Å². The second kappa shape index (κ2) is 29.5. The van der Waals surface area contributed by atoms with E-state index in [-0.39, 0.29) is 25.2 Å². The molecule has 9 fully saturated rings. The topological polar surface area (TPSA) is 285 Å². The number of anilines is 8. The Labute approximate surface area is 631 Å². The number of aliphatic hydroxyl groups is 2. The van der Waals surface area contributed by atoms with Gasteiger partial charge in [0.05, 0.1) is 51.7 Å². The molecule has 5 aromatic heterocycles. The molecule has 1 atom stereocenters. The number of hydrogen-bond acceptors (Lipinski definition) is 23. The van der Waals surface area contributed by atoms with Gasteiger partial charge in [0.15, 0.2) is 27.1 Å². The van der Waals surface area contributed by atoms with E-state index >= 15 is 0 Å². The van der Waals surface area contributed by atoms with Gasteiger partial charge in [0, 0.05) is 88.0 Å². The van der Waals surface area contributed by atoms with Crippen LogP contribution < -0.4 is 30.7 Å². The molecule has 108 heavy (non-hydrogen) atoms. The van der Waals surface area contributed by atoms with Crippen LogP contribution >= 0.6 is 35.3 Å². The van der Waals surface area contributed by atoms with Crippen LogP contribution in [0.4, 0.5) is 72.9 Å². The Bertz CT molecular complexity index is 4750. The van der Waals surface area contributed by atoms with Gasteiger partial charge in [0.2, 0.25) is 0 Å². The maximum Gasteiger partial charge on any atom is 0.395 e. The highest BCUT2D eigenvalue weighted by Crippen LogP contribution is 2.52. The second-order valence-corrected chi connectivity index (χ2v) is 33.7. The Kier molecular flexibility index (Phi) is 20.0. The summed E-state index contributed by atoms with van der Waals surface area (Å²) in [5.41, 5.74) is 3.11. The highest BCUT2D eigenvalue weighted by molar-refractivity contribution is 7.99. The van der Waals surface area contributed by atoms with E-state index in [2.05, 4.69) is 67.3 Å². The van der Waals surface area contributed by atoms with Crippen LogP contribution in [-0.4, -0.2) is 158 Å². The van der Waals surface area contributed by atoms with E-state index < -0.39 is 52.9 Å². The van der Waals surface area contributed by atoms with E-state index in [1.165, 1.54) is 53.7 Å². The number of nitrogens with one attached hydrogen (secondary N) is 5. The molecular weight excluding hydrogens is 1450 g/mol. The number of ketones is 3. The molecule has 0 spiro atoms. The zero-order valence-corrected chi connectivity index (χ0v) is 61.8. The molecule has 3 aromatic carbocycles. The van der Waals surface area contributed by atoms with Crippen molar-refractivity contribution in [1.29, 1.82) is 0 Å². The quantitative estimate of drug-likeness (QED) is 0.0186. The lowest BCUT2D eigenvalue weighted by Gasteiger charge is -2.47. The summed E-state index contributed by atoms with van der Waals surface area (Å²) in [6.07, 6.45) is 7.05. The summed E-state index contributed by atoms with van der Waals surface area (Å²) in [4.78, 5) is 77.4. The van der Waals surface area contributed by atoms with Gasteiger partial charge in [-0.25, -0.2) is 43.1 Å². The van der Waals surface area contributed by atoms with Crippen molar-refractivity contribution in [3.63, 3.8) is 0 Å². The fourth-order valence-corrected chi connectivity index (χ4v) is 16.3. The van der Waals surface area contributed by atoms with Crippen molar-refractivity contribution in [2.24, 2.45) is 40.5 Å². The number of β-amino-alcohol motifs (C(OH)–C–C–N with tert-alkyl or cyclic N) is 2. The zero-order valence-electron chi connectivity index (χ0n) is 59.4. The molecule has 7 N–H and O–H groups in total. The molecule has 8 aromatic rings. The number of aryl methyl sites for hydroxylation is 2. The molecule has 1 unspecified atom stereocenters. The zero-order chi connectivity index (χ0) is 74.9. The molecule has 564 valence electrons. The molecule has 3 saturated heterocycles. The average Bonchev–Trinajstić information content (AvgIpc) is 1.52. The van der Waals surface area contributed by atoms with Gasteiger partial charge in [-0.2, -0.15) is 23.4 Å². The average molecular weight is 1530 g/mol. The van der Waals surface area contributed by atoms with Gasteiger partial charge in [-0.1, -0.05) is 36.4 Å². The van der Waals surface area contributed by atoms with Crippen LogP contribution in [0, 0.1) is 49.4 Å². The lowest BCUT2D eigenvalue weighted by Crippen LogP contribution is -2.63. The summed E-state index contributed by atoms with van der Waals surface area (Å²) < 4.78 is 78.5. The van der Waals surface area contributed by atoms with Crippen LogP contribution in [0.3, 0.4) is 0 Å². The highest BCUT2D eigenvalue weighted by Gasteiger charge is 2.61. The van der Waals surface area contributed by atoms with Crippen molar-refractivity contribution in [1.82, 2.24) is 50.3 Å². The number of H-pyrrole nitrogens is 2. The molecule has 18 rings (SSSR count). The number of Topliss-reactive ketones (excluding diaryl/α,β-unsaturated/α-hetero) is 3. The molecule has 9 heterocycles. The molecular formula is C77H81F6N17O5S3. The first-order valence-corrected chi connectivity index (χ1v) is 39.1. The Morgan fingerprint density at radius 2 is 0.926 bits per heavy atom. The lowest BCUT2D eigenvalue weighted by molar-refractivity contribution is -0.151. The molecule has 6 aliphatic carbocycles. The van der Waals surface area contributed by atoms with Crippen molar-refractivity contribution in [3.05, 3.63) is 143 Å². The Balaban J connectivity index is 0.000000124. The lowest BCUT2D eigenvalue weighted by atomic mass is 9.89. The van der Waals surface area contributed by atoms with Crippen LogP contribution in [0.15, 0.2) is 150 Å². The van der Waals surface area contributed by atoms with Gasteiger partial charge < -0.3 is 40.9 Å². The van der Waals surface area contributed by atoms with Crippen LogP contribution in [-0.2, 0) is 33.6 Å². The Hall–Kier alpha value is -8.91. The summed E-state index contributed by atoms with van der Waals surface area (Å²) >= 11 is 4.14. The Morgan fingerprint density at radius 3 is 1.31 bits per heavy atom. The molecule has 0 radical (unpaired) electrons. The monoisotopic (exact) mass is 1530 g/mol. The van der Waals surface area contributed by atoms with Gasteiger partial charge >= 0.3 is 6.18 Å². The number of halogens is 6. The number of alkyl halides is 6. The molecule has 6 saturated carbocycles. The molecule has 22 nitrogen and oxygen atoms in total. The van der Waals surface area contributed by atoms with Crippen molar-refractivity contribution >= 4 is 105 Å². The number of carbonyl (C=O) groups excluding carboxylic acids is 3. The van der Waals surface area contributed by atoms with Crippen molar-refractivity contribution in [3.8, 4) is 0 Å². The van der Waals surface area contributed by atoms with Crippen molar-refractivity contribution < 1.29 is 50.9 Å². The normalized spacial score (nSPS) is 20.5. The molecule has 0 amide bonds. The molecule has 10 aliphatic rings. The van der Waals surface area contributed by atoms with Gasteiger partial charge in [0.25, 0.3) is 5.92 Å². The smallest absolute Gasteiger partial charge is 0.386 e. The van der Waals surface area contributed by atoms with Crippen LogP contribution in [0.25, 0.3) is 0 Å². The highest BCUT2D eigenvalue weighted by atomic mass is 32.2. The van der Waals surface area contributed by atoms with Crippen LogP contribution in [0.1, 0.15) is 105 Å². The fourth-order valence-electron chi connectivity index (χ4n) is 14.0. The molecule has 31 heteroatoms. The minimum absolute atomic E-state index is 0.00714. The third-order valence-electron chi connectivity index (χ3n) is 21.0. The van der Waals surface area contributed by atoms with Crippen molar-refractivity contribution in [2.45, 2.75) is 169 Å². The summed E-state index contributed by atoms with van der Waals surface area (Å²) in [7, 11) is 0. The number of rotatable bonds is 27. The minimum atomic E-state index is -4.51. The number of benzene rings is 3. The van der Waals surface area contributed by atoms with E-state index in [1.807, 2.05) is 84.3 Å². The first kappa shape index (κ1) is 73.2. The Morgan fingerprint density at radius 1 is 0.519 bits per heavy atom. The number of aliphatic imine (C=N–C) groups is 1. The van der Waals surface area contributed by atoms with E-state index in [9.17, 15) is 50.9 Å². The predicted molar refractivity (Wildman–Crippen MR) is 399 cm³/mol. The van der Waals surface area contributed by atoms with Gasteiger partial charge in [-0.3, -0.25) is 29.6 Å². The predicted octanol–water partition coefficient (Wildman–Crippen LogP) is 13.8. The van der Waals surface area contributed by atoms with Crippen LogP contribution in [0.2, 0.25) is 0 Å². The van der Waals surface area contributed by atoms with E-state index in [0.29, 0.717) is 131 Å². The summed E-state index contributed by atoms with van der Waals surface area (Å²) in [6, 6.07) is 31.4. The number of aromatic amines is 2. The van der Waals surface area contributed by atoms with E-state index in [0.717, 1.165) is 113 Å². The summed E-state index contributed by atoms with van der Waals surface area (Å²) in [5, 5.41) is 47.1. The summed E-state index contributed by atoms with van der Waals surface area (Å²) in [5.74, 6) is 3.11. The number of hydrogen-bond donors (Lipinski definition) is 7. The number of nitrogens with zero attached hydrogens (tertiary/aromatic N) is 12. The van der Waals surface area contributed by atoms with Gasteiger partial charge in [-0.15, -0.1) is 0 Å². The van der Waals surface area contributed by atoms with Gasteiger partial charge in [-0.05, 0) is 202 Å². The maximum atomic E-state index is 14.9. The second-order valence-electron chi connectivity index (χ2n) is 30.6. The van der Waals surface area contributed by atoms with Gasteiger partial charge in [0.1, 0.15) is 81.4 Å². The standard InChI is InChI=1S/C28H31N5O2S.C25H26F2N6O2S.C24H24F4N6OS/c34-23(19-5-6-19)11-17-1-9-22(10-2-17)36-27-31-25(30-24-12-20(14-29-24)18-3-4-18)13-26(32-27)33-15-28(35,16-33)21-7-8-21;1-14-8-21(32-31-14)28-20-10-22(33-12-24(35,13-33)16-4-5-16)30-23(29-20)36-17-6-2-15(3-7-17)9-19(34)18-11-25(18,26)27;1-14-8-20(33-32-14)29-19-10-21(34-12-23(25,13-34)16-4-5-16)31-22(30-19)36-18-6-2-15(3-7-18)9-17(35)11-24(26,27)28/h1-2,9-10,12-13,18-19,21,35H,3-8,11,14-16H2,(H,29,30,31,32);2-3,6-8,10,16,18,35H,4-5,9,11-13H2,1H3,(H2,28,29,30,31,32);2-3,6-8,10,16H,4-5,9,11-13H2,1H3,(H2,29,30,31,32,33). The fraction of sp³-hybridized carbons (Fsp3) is 0.455. The largest absolute Gasteiger partial charge is 0.395 e. The third kappa shape index (κ3) is 18.3.